The highest BCUT2D eigenvalue weighted by atomic mass is 127. The van der Waals surface area contributed by atoms with Crippen LogP contribution in [-0.4, -0.2) is 43.7 Å². The maximum atomic E-state index is 12.2. The lowest BCUT2D eigenvalue weighted by molar-refractivity contribution is -0.143. The summed E-state index contributed by atoms with van der Waals surface area (Å²) in [4.78, 5) is 5.39. The van der Waals surface area contributed by atoms with Gasteiger partial charge in [0.1, 0.15) is 0 Å². The Morgan fingerprint density at radius 2 is 2.00 bits per heavy atom. The summed E-state index contributed by atoms with van der Waals surface area (Å²) in [6, 6.07) is 6.16. The number of benzene rings is 1. The Hall–Kier alpha value is -1.03. The largest absolute Gasteiger partial charge is 0.401 e. The summed E-state index contributed by atoms with van der Waals surface area (Å²) in [7, 11) is 1.45. The van der Waals surface area contributed by atoms with Crippen molar-refractivity contribution >= 4 is 35.6 Å². The van der Waals surface area contributed by atoms with Gasteiger partial charge in [-0.05, 0) is 62.5 Å². The van der Waals surface area contributed by atoms with E-state index in [1.54, 1.807) is 0 Å². The van der Waals surface area contributed by atoms with Crippen LogP contribution in [0.4, 0.5) is 18.9 Å². The first-order valence-corrected chi connectivity index (χ1v) is 7.77. The van der Waals surface area contributed by atoms with Crippen LogP contribution in [0.1, 0.15) is 24.0 Å². The van der Waals surface area contributed by atoms with E-state index in [0.717, 1.165) is 18.5 Å². The lowest BCUT2D eigenvalue weighted by Crippen LogP contribution is -2.32. The lowest BCUT2D eigenvalue weighted by Gasteiger charge is -2.17. The number of guanidine groups is 1. The van der Waals surface area contributed by atoms with Gasteiger partial charge in [-0.25, -0.2) is 0 Å². The van der Waals surface area contributed by atoms with E-state index in [9.17, 15) is 13.2 Å². The third kappa shape index (κ3) is 7.25. The molecule has 0 saturated heterocycles. The molecule has 0 bridgehead atoms. The van der Waals surface area contributed by atoms with Crippen molar-refractivity contribution in [2.75, 3.05) is 32.0 Å². The molecule has 1 aromatic rings. The number of hydrogen-bond acceptors (Lipinski definition) is 2. The minimum atomic E-state index is -4.16. The third-order valence-corrected chi connectivity index (χ3v) is 3.80. The van der Waals surface area contributed by atoms with Crippen molar-refractivity contribution in [3.05, 3.63) is 29.3 Å². The molecule has 0 unspecified atom stereocenters. The summed E-state index contributed by atoms with van der Waals surface area (Å²) in [6.07, 6.45) is -0.225. The summed E-state index contributed by atoms with van der Waals surface area (Å²) < 4.78 is 36.5. The predicted molar refractivity (Wildman–Crippen MR) is 102 cm³/mol. The number of fused-ring (bicyclic) bond motifs is 1. The Bertz CT molecular complexity index is 561. The van der Waals surface area contributed by atoms with Gasteiger partial charge in [0.2, 0.25) is 0 Å². The van der Waals surface area contributed by atoms with Gasteiger partial charge in [0.15, 0.2) is 5.96 Å². The van der Waals surface area contributed by atoms with E-state index < -0.39 is 12.7 Å². The van der Waals surface area contributed by atoms with Crippen LogP contribution in [0.5, 0.6) is 0 Å². The second-order valence-corrected chi connectivity index (χ2v) is 5.94. The SMILES string of the molecule is CN(CCCN=C(N)Nc1ccc2c(c1)CCC2)CC(F)(F)F.I. The van der Waals surface area contributed by atoms with E-state index >= 15 is 0 Å². The van der Waals surface area contributed by atoms with E-state index in [2.05, 4.69) is 22.4 Å². The molecule has 0 saturated carbocycles. The zero-order valence-corrected chi connectivity index (χ0v) is 16.0. The van der Waals surface area contributed by atoms with Crippen LogP contribution < -0.4 is 11.1 Å². The van der Waals surface area contributed by atoms with E-state index in [1.807, 2.05) is 6.07 Å². The Morgan fingerprint density at radius 1 is 1.29 bits per heavy atom. The fourth-order valence-corrected chi connectivity index (χ4v) is 2.76. The quantitative estimate of drug-likeness (QED) is 0.299. The fourth-order valence-electron chi connectivity index (χ4n) is 2.76. The summed E-state index contributed by atoms with van der Waals surface area (Å²) in [6.45, 7) is -0.180. The van der Waals surface area contributed by atoms with Crippen LogP contribution in [0.25, 0.3) is 0 Å². The highest BCUT2D eigenvalue weighted by molar-refractivity contribution is 14.0. The zero-order chi connectivity index (χ0) is 16.9. The lowest BCUT2D eigenvalue weighted by atomic mass is 10.1. The van der Waals surface area contributed by atoms with Crippen LogP contribution in [0.3, 0.4) is 0 Å². The number of aliphatic imine (C=N–C) groups is 1. The van der Waals surface area contributed by atoms with E-state index in [1.165, 1.54) is 29.5 Å². The van der Waals surface area contributed by atoms with Gasteiger partial charge >= 0.3 is 6.18 Å². The van der Waals surface area contributed by atoms with E-state index in [4.69, 9.17) is 5.73 Å². The van der Waals surface area contributed by atoms with Crippen molar-refractivity contribution in [3.63, 3.8) is 0 Å². The molecule has 0 amide bonds. The Balaban J connectivity index is 0.00000288. The van der Waals surface area contributed by atoms with Gasteiger partial charge in [0, 0.05) is 12.2 Å². The average Bonchev–Trinajstić information content (AvgIpc) is 2.89. The Morgan fingerprint density at radius 3 is 2.71 bits per heavy atom. The molecule has 1 aromatic carbocycles. The number of nitrogens with two attached hydrogens (primary N) is 1. The highest BCUT2D eigenvalue weighted by Gasteiger charge is 2.28. The summed E-state index contributed by atoms with van der Waals surface area (Å²) >= 11 is 0. The van der Waals surface area contributed by atoms with Crippen LogP contribution in [0.2, 0.25) is 0 Å². The number of alkyl halides is 3. The normalized spacial score (nSPS) is 14.5. The minimum Gasteiger partial charge on any atom is -0.370 e. The van der Waals surface area contributed by atoms with Crippen LogP contribution in [0.15, 0.2) is 23.2 Å². The van der Waals surface area contributed by atoms with Crippen LogP contribution >= 0.6 is 24.0 Å². The van der Waals surface area contributed by atoms with Gasteiger partial charge in [0.05, 0.1) is 6.54 Å². The second kappa shape index (κ2) is 9.45. The molecule has 0 heterocycles. The molecule has 0 fully saturated rings. The molecular formula is C16H24F3IN4. The Labute approximate surface area is 157 Å². The van der Waals surface area contributed by atoms with Crippen molar-refractivity contribution in [2.45, 2.75) is 31.9 Å². The third-order valence-electron chi connectivity index (χ3n) is 3.80. The molecule has 8 heteroatoms. The molecule has 2 rings (SSSR count). The van der Waals surface area contributed by atoms with Crippen LogP contribution in [-0.2, 0) is 12.8 Å². The molecule has 0 radical (unpaired) electrons. The standard InChI is InChI=1S/C16H23F3N4.HI/c1-23(11-16(17,18)19)9-3-8-21-15(20)22-14-7-6-12-4-2-5-13(12)10-14;/h6-7,10H,2-5,8-9,11H2,1H3,(H3,20,21,22);1H. The smallest absolute Gasteiger partial charge is 0.370 e. The van der Waals surface area contributed by atoms with Crippen molar-refractivity contribution in [1.29, 1.82) is 0 Å². The first-order chi connectivity index (χ1) is 10.8. The topological polar surface area (TPSA) is 53.6 Å². The molecule has 24 heavy (non-hydrogen) atoms. The van der Waals surface area contributed by atoms with Crippen molar-refractivity contribution in [1.82, 2.24) is 4.90 Å². The molecule has 3 N–H and O–H groups in total. The first kappa shape index (κ1) is 21.0. The van der Waals surface area contributed by atoms with Gasteiger partial charge in [-0.1, -0.05) is 6.07 Å². The van der Waals surface area contributed by atoms with Crippen molar-refractivity contribution in [2.24, 2.45) is 10.7 Å². The molecule has 0 aliphatic heterocycles. The van der Waals surface area contributed by atoms with Gasteiger partial charge in [0.25, 0.3) is 0 Å². The van der Waals surface area contributed by atoms with Gasteiger partial charge in [-0.3, -0.25) is 9.89 Å². The molecule has 0 atom stereocenters. The maximum Gasteiger partial charge on any atom is 0.401 e. The van der Waals surface area contributed by atoms with Gasteiger partial charge in [-0.15, -0.1) is 24.0 Å². The van der Waals surface area contributed by atoms with E-state index in [-0.39, 0.29) is 24.0 Å². The molecule has 0 aromatic heterocycles. The number of rotatable bonds is 6. The number of nitrogens with zero attached hydrogens (tertiary/aromatic N) is 2. The molecule has 4 nitrogen and oxygen atoms in total. The minimum absolute atomic E-state index is 0. The van der Waals surface area contributed by atoms with Crippen molar-refractivity contribution < 1.29 is 13.2 Å². The molecule has 0 spiro atoms. The highest BCUT2D eigenvalue weighted by Crippen LogP contribution is 2.24. The van der Waals surface area contributed by atoms with Crippen LogP contribution in [0, 0.1) is 0 Å². The Kier molecular flexibility index (Phi) is 8.28. The zero-order valence-electron chi connectivity index (χ0n) is 13.7. The first-order valence-electron chi connectivity index (χ1n) is 7.77. The number of anilines is 1. The number of nitrogens with one attached hydrogen (secondary N) is 1. The van der Waals surface area contributed by atoms with E-state index in [0.29, 0.717) is 25.5 Å². The number of halogens is 4. The molecule has 136 valence electrons. The number of hydrogen-bond donors (Lipinski definition) is 2. The molecule has 1 aliphatic rings. The fraction of sp³-hybridized carbons (Fsp3) is 0.562. The summed E-state index contributed by atoms with van der Waals surface area (Å²) in [5.74, 6) is 0.293. The van der Waals surface area contributed by atoms with Gasteiger partial charge < -0.3 is 11.1 Å². The van der Waals surface area contributed by atoms with Crippen molar-refractivity contribution in [3.8, 4) is 0 Å². The summed E-state index contributed by atoms with van der Waals surface area (Å²) in [5, 5.41) is 3.03. The van der Waals surface area contributed by atoms with Gasteiger partial charge in [-0.2, -0.15) is 13.2 Å². The predicted octanol–water partition coefficient (Wildman–Crippen LogP) is 3.40. The molecule has 1 aliphatic carbocycles. The monoisotopic (exact) mass is 456 g/mol. The summed E-state index contributed by atoms with van der Waals surface area (Å²) in [5.41, 5.74) is 9.45. The molecular weight excluding hydrogens is 432 g/mol. The number of aryl methyl sites for hydroxylation is 2. The average molecular weight is 456 g/mol. The maximum absolute atomic E-state index is 12.2. The second-order valence-electron chi connectivity index (χ2n) is 5.94.